The quantitative estimate of drug-likeness (QED) is 0.756. The lowest BCUT2D eigenvalue weighted by Gasteiger charge is -2.07. The summed E-state index contributed by atoms with van der Waals surface area (Å²) in [5.74, 6) is 1.43. The van der Waals surface area contributed by atoms with E-state index in [1.54, 1.807) is 6.26 Å². The molecule has 0 saturated carbocycles. The van der Waals surface area contributed by atoms with Crippen molar-refractivity contribution in [3.63, 3.8) is 0 Å². The van der Waals surface area contributed by atoms with Crippen molar-refractivity contribution in [3.8, 4) is 0 Å². The molecule has 1 aromatic rings. The molecule has 96 valence electrons. The molecule has 0 heterocycles. The van der Waals surface area contributed by atoms with E-state index in [1.165, 1.54) is 11.1 Å². The molecule has 1 rings (SSSR count). The zero-order valence-electron chi connectivity index (χ0n) is 11.0. The van der Waals surface area contributed by atoms with Gasteiger partial charge in [0, 0.05) is 35.9 Å². The van der Waals surface area contributed by atoms with E-state index in [0.29, 0.717) is 5.92 Å². The predicted octanol–water partition coefficient (Wildman–Crippen LogP) is 2.35. The van der Waals surface area contributed by atoms with Crippen molar-refractivity contribution < 1.29 is 4.21 Å². The van der Waals surface area contributed by atoms with E-state index in [0.717, 1.165) is 25.3 Å². The van der Waals surface area contributed by atoms with Crippen LogP contribution in [0.2, 0.25) is 0 Å². The average Bonchev–Trinajstić information content (AvgIpc) is 2.25. The Labute approximate surface area is 107 Å². The SMILES string of the molecule is CC(C)Cc1ccc(CNCCS(C)=O)cc1. The summed E-state index contributed by atoms with van der Waals surface area (Å²) in [7, 11) is -0.696. The van der Waals surface area contributed by atoms with Gasteiger partial charge in [0.2, 0.25) is 0 Å². The summed E-state index contributed by atoms with van der Waals surface area (Å²) in [6.45, 7) is 6.15. The van der Waals surface area contributed by atoms with Gasteiger partial charge in [-0.15, -0.1) is 0 Å². The summed E-state index contributed by atoms with van der Waals surface area (Å²) in [6.07, 6.45) is 2.88. The number of benzene rings is 1. The Hall–Kier alpha value is -0.670. The number of hydrogen-bond acceptors (Lipinski definition) is 2. The first kappa shape index (κ1) is 14.4. The fourth-order valence-electron chi connectivity index (χ4n) is 1.71. The smallest absolute Gasteiger partial charge is 0.0357 e. The van der Waals surface area contributed by atoms with Crippen LogP contribution in [-0.4, -0.2) is 22.8 Å². The molecule has 0 spiro atoms. The minimum absolute atomic E-state index is 0.696. The Kier molecular flexibility index (Phi) is 6.45. The third kappa shape index (κ3) is 6.59. The first-order valence-electron chi connectivity index (χ1n) is 6.16. The van der Waals surface area contributed by atoms with Gasteiger partial charge in [0.05, 0.1) is 0 Å². The van der Waals surface area contributed by atoms with Gasteiger partial charge in [-0.2, -0.15) is 0 Å². The van der Waals surface area contributed by atoms with Crippen molar-refractivity contribution >= 4 is 10.8 Å². The molecule has 0 aliphatic heterocycles. The fourth-order valence-corrected chi connectivity index (χ4v) is 2.15. The molecule has 17 heavy (non-hydrogen) atoms. The van der Waals surface area contributed by atoms with Crippen LogP contribution in [0.25, 0.3) is 0 Å². The Morgan fingerprint density at radius 1 is 1.18 bits per heavy atom. The zero-order chi connectivity index (χ0) is 12.7. The molecule has 3 heteroatoms. The minimum atomic E-state index is -0.696. The highest BCUT2D eigenvalue weighted by Gasteiger charge is 1.98. The minimum Gasteiger partial charge on any atom is -0.312 e. The maximum absolute atomic E-state index is 10.9. The molecule has 1 unspecified atom stereocenters. The summed E-state index contributed by atoms with van der Waals surface area (Å²) >= 11 is 0. The molecule has 1 N–H and O–H groups in total. The van der Waals surface area contributed by atoms with Gasteiger partial charge >= 0.3 is 0 Å². The zero-order valence-corrected chi connectivity index (χ0v) is 11.8. The van der Waals surface area contributed by atoms with Gasteiger partial charge < -0.3 is 5.32 Å². The van der Waals surface area contributed by atoms with E-state index in [1.807, 2.05) is 0 Å². The Bertz CT molecular complexity index is 346. The highest BCUT2D eigenvalue weighted by atomic mass is 32.2. The summed E-state index contributed by atoms with van der Waals surface area (Å²) in [5.41, 5.74) is 2.69. The number of nitrogens with one attached hydrogen (secondary N) is 1. The lowest BCUT2D eigenvalue weighted by Crippen LogP contribution is -2.19. The van der Waals surface area contributed by atoms with E-state index in [-0.39, 0.29) is 0 Å². The molecule has 0 aliphatic carbocycles. The van der Waals surface area contributed by atoms with Gasteiger partial charge in [0.25, 0.3) is 0 Å². The van der Waals surface area contributed by atoms with Crippen molar-refractivity contribution in [2.24, 2.45) is 5.92 Å². The van der Waals surface area contributed by atoms with E-state index in [9.17, 15) is 4.21 Å². The fraction of sp³-hybridized carbons (Fsp3) is 0.571. The molecule has 0 fully saturated rings. The molecular weight excluding hydrogens is 230 g/mol. The monoisotopic (exact) mass is 253 g/mol. The molecule has 0 bridgehead atoms. The molecule has 0 aromatic heterocycles. The van der Waals surface area contributed by atoms with Crippen LogP contribution >= 0.6 is 0 Å². The summed E-state index contributed by atoms with van der Waals surface area (Å²) in [4.78, 5) is 0. The van der Waals surface area contributed by atoms with Crippen LogP contribution in [0.3, 0.4) is 0 Å². The van der Waals surface area contributed by atoms with E-state index in [4.69, 9.17) is 0 Å². The maximum Gasteiger partial charge on any atom is 0.0357 e. The summed E-state index contributed by atoms with van der Waals surface area (Å²) in [6, 6.07) is 8.76. The third-order valence-corrected chi connectivity index (χ3v) is 3.34. The maximum atomic E-state index is 10.9. The van der Waals surface area contributed by atoms with Crippen molar-refractivity contribution in [2.45, 2.75) is 26.8 Å². The highest BCUT2D eigenvalue weighted by Crippen LogP contribution is 2.09. The van der Waals surface area contributed by atoms with Gasteiger partial charge in [-0.1, -0.05) is 38.1 Å². The molecule has 0 amide bonds. The summed E-state index contributed by atoms with van der Waals surface area (Å²) in [5, 5.41) is 3.30. The van der Waals surface area contributed by atoms with Gasteiger partial charge in [-0.05, 0) is 23.5 Å². The molecule has 0 saturated heterocycles. The lowest BCUT2D eigenvalue weighted by atomic mass is 10.0. The van der Waals surface area contributed by atoms with Crippen LogP contribution in [0.1, 0.15) is 25.0 Å². The third-order valence-electron chi connectivity index (χ3n) is 2.56. The topological polar surface area (TPSA) is 29.1 Å². The first-order valence-corrected chi connectivity index (χ1v) is 7.89. The molecule has 0 aliphatic rings. The Morgan fingerprint density at radius 3 is 2.29 bits per heavy atom. The molecule has 0 radical (unpaired) electrons. The van der Waals surface area contributed by atoms with Crippen LogP contribution in [0, 0.1) is 5.92 Å². The average molecular weight is 253 g/mol. The van der Waals surface area contributed by atoms with Gasteiger partial charge in [-0.25, -0.2) is 0 Å². The molecule has 2 nitrogen and oxygen atoms in total. The second-order valence-corrected chi connectivity index (χ2v) is 6.42. The van der Waals surface area contributed by atoms with Crippen molar-refractivity contribution in [2.75, 3.05) is 18.6 Å². The van der Waals surface area contributed by atoms with Gasteiger partial charge in [0.1, 0.15) is 0 Å². The van der Waals surface area contributed by atoms with Crippen molar-refractivity contribution in [1.29, 1.82) is 0 Å². The summed E-state index contributed by atoms with van der Waals surface area (Å²) < 4.78 is 10.9. The van der Waals surface area contributed by atoms with Crippen LogP contribution in [0.4, 0.5) is 0 Å². The predicted molar refractivity (Wildman–Crippen MR) is 75.6 cm³/mol. The van der Waals surface area contributed by atoms with Crippen LogP contribution in [0.15, 0.2) is 24.3 Å². The van der Waals surface area contributed by atoms with E-state index in [2.05, 4.69) is 43.4 Å². The molecule has 1 atom stereocenters. The lowest BCUT2D eigenvalue weighted by molar-refractivity contribution is 0.646. The second kappa shape index (κ2) is 7.62. The van der Waals surface area contributed by atoms with Crippen LogP contribution < -0.4 is 5.32 Å². The standard InChI is InChI=1S/C14H23NOS/c1-12(2)10-13-4-6-14(7-5-13)11-15-8-9-17(3)16/h4-7,12,15H,8-11H2,1-3H3. The van der Waals surface area contributed by atoms with Crippen molar-refractivity contribution in [1.82, 2.24) is 5.32 Å². The van der Waals surface area contributed by atoms with E-state index < -0.39 is 10.8 Å². The molecular formula is C14H23NOS. The number of rotatable bonds is 7. The van der Waals surface area contributed by atoms with Crippen LogP contribution in [-0.2, 0) is 23.8 Å². The normalized spacial score (nSPS) is 12.9. The van der Waals surface area contributed by atoms with E-state index >= 15 is 0 Å². The van der Waals surface area contributed by atoms with Crippen LogP contribution in [0.5, 0.6) is 0 Å². The Balaban J connectivity index is 2.32. The highest BCUT2D eigenvalue weighted by molar-refractivity contribution is 7.84. The van der Waals surface area contributed by atoms with Gasteiger partial charge in [0.15, 0.2) is 0 Å². The van der Waals surface area contributed by atoms with Gasteiger partial charge in [-0.3, -0.25) is 4.21 Å². The molecule has 1 aromatic carbocycles. The number of hydrogen-bond donors (Lipinski definition) is 1. The first-order chi connectivity index (χ1) is 8.08. The largest absolute Gasteiger partial charge is 0.312 e. The Morgan fingerprint density at radius 2 is 1.76 bits per heavy atom. The van der Waals surface area contributed by atoms with Crippen molar-refractivity contribution in [3.05, 3.63) is 35.4 Å². The second-order valence-electron chi connectivity index (χ2n) is 4.87.